The van der Waals surface area contributed by atoms with Crippen LogP contribution in [0.1, 0.15) is 18.4 Å². The number of hydrogen-bond acceptors (Lipinski definition) is 2. The average Bonchev–Trinajstić information content (AvgIpc) is 2.27. The Kier molecular flexibility index (Phi) is 6.25. The van der Waals surface area contributed by atoms with Crippen LogP contribution in [0.2, 0.25) is 0 Å². The molecule has 0 aliphatic carbocycles. The SMILES string of the molecule is CI(F)COc1ccc(CCCC(=O)O)cc1. The number of ether oxygens (including phenoxy) is 1. The Labute approximate surface area is 108 Å². The Hall–Kier alpha value is -0.850. The summed E-state index contributed by atoms with van der Waals surface area (Å²) in [4.78, 5) is 11.9. The number of carboxylic acids is 1. The first-order chi connectivity index (χ1) is 8.08. The molecular weight excluding hydrogens is 338 g/mol. The number of halogens is 2. The quantitative estimate of drug-likeness (QED) is 0.603. The van der Waals surface area contributed by atoms with E-state index >= 15 is 0 Å². The van der Waals surface area contributed by atoms with Gasteiger partial charge < -0.3 is 0 Å². The molecule has 17 heavy (non-hydrogen) atoms. The second kappa shape index (κ2) is 7.47. The predicted molar refractivity (Wildman–Crippen MR) is 73.6 cm³/mol. The fourth-order valence-corrected chi connectivity index (χ4v) is 2.12. The molecule has 5 heteroatoms. The van der Waals surface area contributed by atoms with Crippen LogP contribution in [-0.4, -0.2) is 20.6 Å². The molecule has 0 saturated carbocycles. The predicted octanol–water partition coefficient (Wildman–Crippen LogP) is 3.45. The molecule has 0 spiro atoms. The molecule has 0 bridgehead atoms. The van der Waals surface area contributed by atoms with Gasteiger partial charge in [0.25, 0.3) is 0 Å². The van der Waals surface area contributed by atoms with Crippen molar-refractivity contribution in [2.24, 2.45) is 0 Å². The topological polar surface area (TPSA) is 46.5 Å². The van der Waals surface area contributed by atoms with Crippen LogP contribution in [0.4, 0.5) is 2.86 Å². The molecule has 0 radical (unpaired) electrons. The zero-order chi connectivity index (χ0) is 12.7. The first-order valence-electron chi connectivity index (χ1n) is 5.24. The molecule has 0 atom stereocenters. The summed E-state index contributed by atoms with van der Waals surface area (Å²) in [6.07, 6.45) is 1.55. The molecule has 0 aromatic heterocycles. The third kappa shape index (κ3) is 6.45. The van der Waals surface area contributed by atoms with Crippen LogP contribution < -0.4 is 4.74 Å². The maximum atomic E-state index is 12.7. The maximum absolute atomic E-state index is 12.7. The normalized spacial score (nSPS) is 11.1. The van der Waals surface area contributed by atoms with Crippen LogP contribution in [0.15, 0.2) is 24.3 Å². The summed E-state index contributed by atoms with van der Waals surface area (Å²) in [5, 5.41) is 8.51. The van der Waals surface area contributed by atoms with Gasteiger partial charge in [0.05, 0.1) is 0 Å². The van der Waals surface area contributed by atoms with E-state index in [2.05, 4.69) is 0 Å². The van der Waals surface area contributed by atoms with E-state index in [9.17, 15) is 7.65 Å². The fourth-order valence-electron chi connectivity index (χ4n) is 1.33. The third-order valence-electron chi connectivity index (χ3n) is 2.15. The van der Waals surface area contributed by atoms with Gasteiger partial charge in [-0.05, 0) is 0 Å². The van der Waals surface area contributed by atoms with Gasteiger partial charge in [0.1, 0.15) is 0 Å². The number of aryl methyl sites for hydroxylation is 1. The summed E-state index contributed by atoms with van der Waals surface area (Å²) >= 11 is -2.32. The molecule has 1 N–H and O–H groups in total. The van der Waals surface area contributed by atoms with Gasteiger partial charge in [-0.2, -0.15) is 0 Å². The van der Waals surface area contributed by atoms with E-state index in [1.807, 2.05) is 12.1 Å². The molecule has 96 valence electrons. The van der Waals surface area contributed by atoms with Gasteiger partial charge in [-0.1, -0.05) is 0 Å². The van der Waals surface area contributed by atoms with Gasteiger partial charge in [-0.3, -0.25) is 0 Å². The Bertz CT molecular complexity index is 351. The molecule has 1 aromatic carbocycles. The van der Waals surface area contributed by atoms with Crippen LogP contribution in [0.25, 0.3) is 0 Å². The minimum absolute atomic E-state index is 0.184. The van der Waals surface area contributed by atoms with E-state index < -0.39 is 26.4 Å². The van der Waals surface area contributed by atoms with E-state index in [1.54, 1.807) is 17.1 Å². The summed E-state index contributed by atoms with van der Waals surface area (Å²) in [5.41, 5.74) is 1.07. The van der Waals surface area contributed by atoms with Crippen molar-refractivity contribution in [2.75, 3.05) is 9.54 Å². The zero-order valence-corrected chi connectivity index (χ0v) is 11.8. The van der Waals surface area contributed by atoms with Gasteiger partial charge in [-0.25, -0.2) is 0 Å². The first kappa shape index (κ1) is 14.2. The summed E-state index contributed by atoms with van der Waals surface area (Å²) in [6, 6.07) is 7.39. The van der Waals surface area contributed by atoms with Crippen molar-refractivity contribution in [3.8, 4) is 5.75 Å². The van der Waals surface area contributed by atoms with E-state index in [-0.39, 0.29) is 11.0 Å². The second-order valence-corrected chi connectivity index (χ2v) is 7.20. The average molecular weight is 354 g/mol. The number of aliphatic carboxylic acids is 1. The molecule has 0 aliphatic heterocycles. The van der Waals surface area contributed by atoms with E-state index in [0.717, 1.165) is 12.0 Å². The molecule has 1 aromatic rings. The summed E-state index contributed by atoms with van der Waals surface area (Å²) in [5.74, 6) is -0.0961. The van der Waals surface area contributed by atoms with Gasteiger partial charge in [-0.15, -0.1) is 0 Å². The van der Waals surface area contributed by atoms with Gasteiger partial charge in [0, 0.05) is 0 Å². The molecular formula is C12H16FIO3. The summed E-state index contributed by atoms with van der Waals surface area (Å²) in [6.45, 7) is 0. The number of hydrogen-bond donors (Lipinski definition) is 1. The van der Waals surface area contributed by atoms with E-state index in [0.29, 0.717) is 12.2 Å². The monoisotopic (exact) mass is 354 g/mol. The van der Waals surface area contributed by atoms with Crippen LogP contribution in [-0.2, 0) is 11.2 Å². The van der Waals surface area contributed by atoms with Crippen LogP contribution >= 0.6 is 20.4 Å². The van der Waals surface area contributed by atoms with Crippen molar-refractivity contribution in [1.29, 1.82) is 0 Å². The molecule has 0 amide bonds. The Morgan fingerprint density at radius 1 is 1.41 bits per heavy atom. The van der Waals surface area contributed by atoms with Gasteiger partial charge >= 0.3 is 108 Å². The van der Waals surface area contributed by atoms with Crippen molar-refractivity contribution < 1.29 is 17.5 Å². The van der Waals surface area contributed by atoms with Crippen LogP contribution in [0.5, 0.6) is 5.75 Å². The summed E-state index contributed by atoms with van der Waals surface area (Å²) in [7, 11) is 0. The van der Waals surface area contributed by atoms with E-state index in [1.165, 1.54) is 0 Å². The van der Waals surface area contributed by atoms with Crippen molar-refractivity contribution >= 4 is 26.4 Å². The van der Waals surface area contributed by atoms with Gasteiger partial charge in [0.2, 0.25) is 0 Å². The van der Waals surface area contributed by atoms with Crippen LogP contribution in [0, 0.1) is 0 Å². The molecule has 0 fully saturated rings. The van der Waals surface area contributed by atoms with Crippen molar-refractivity contribution in [1.82, 2.24) is 0 Å². The van der Waals surface area contributed by atoms with Crippen molar-refractivity contribution in [3.05, 3.63) is 29.8 Å². The Balaban J connectivity index is 2.36. The second-order valence-electron chi connectivity index (χ2n) is 3.66. The fraction of sp³-hybridized carbons (Fsp3) is 0.417. The van der Waals surface area contributed by atoms with Crippen LogP contribution in [0.3, 0.4) is 0 Å². The molecule has 0 unspecified atom stereocenters. The third-order valence-corrected chi connectivity index (χ3v) is 3.32. The number of carboxylic acid groups (broad SMARTS) is 1. The van der Waals surface area contributed by atoms with E-state index in [4.69, 9.17) is 9.84 Å². The van der Waals surface area contributed by atoms with Crippen molar-refractivity contribution in [3.63, 3.8) is 0 Å². The molecule has 3 nitrogen and oxygen atoms in total. The first-order valence-corrected chi connectivity index (χ1v) is 9.74. The number of rotatable bonds is 7. The molecule has 0 saturated heterocycles. The Morgan fingerprint density at radius 3 is 2.59 bits per heavy atom. The molecule has 0 heterocycles. The minimum atomic E-state index is -2.32. The molecule has 0 aliphatic rings. The summed E-state index contributed by atoms with van der Waals surface area (Å²) < 4.78 is 18.2. The number of carbonyl (C=O) groups is 1. The molecule has 1 rings (SSSR count). The van der Waals surface area contributed by atoms with Gasteiger partial charge in [0.15, 0.2) is 0 Å². The van der Waals surface area contributed by atoms with Crippen molar-refractivity contribution in [2.45, 2.75) is 19.3 Å². The number of alkyl halides is 2. The standard InChI is InChI=1S/C12H16FIO3/c1-14(13)9-17-11-7-5-10(6-8-11)3-2-4-12(15)16/h5-8H,2-4,9H2,1H3,(H,15,16). The number of benzene rings is 1. The zero-order valence-electron chi connectivity index (χ0n) is 9.66. The Morgan fingerprint density at radius 2 is 2.06 bits per heavy atom.